The number of hydrazine groups is 1. The molecule has 1 amide bonds. The van der Waals surface area contributed by atoms with Gasteiger partial charge in [-0.3, -0.25) is 21.0 Å². The van der Waals surface area contributed by atoms with Gasteiger partial charge in [0.2, 0.25) is 15.9 Å². The molecule has 1 aliphatic carbocycles. The van der Waals surface area contributed by atoms with Gasteiger partial charge in [-0.25, -0.2) is 8.42 Å². The van der Waals surface area contributed by atoms with Crippen molar-refractivity contribution in [1.82, 2.24) is 20.1 Å². The summed E-state index contributed by atoms with van der Waals surface area (Å²) in [6.07, 6.45) is 1.58. The number of hydrogen-bond donors (Lipinski definition) is 3. The van der Waals surface area contributed by atoms with E-state index in [0.29, 0.717) is 23.4 Å². The zero-order valence-corrected chi connectivity index (χ0v) is 16.7. The van der Waals surface area contributed by atoms with Crippen molar-refractivity contribution in [1.29, 1.82) is 0 Å². The molecule has 0 bridgehead atoms. The first-order valence-corrected chi connectivity index (χ1v) is 10.9. The van der Waals surface area contributed by atoms with Crippen molar-refractivity contribution in [2.24, 2.45) is 11.8 Å². The number of para-hydroxylation sites is 2. The number of likely N-dealkylation sites (N-methyl/N-ethyl adjacent to an activating group) is 1. The van der Waals surface area contributed by atoms with Gasteiger partial charge in [-0.1, -0.05) is 19.1 Å². The molecule has 1 aliphatic heterocycles. The van der Waals surface area contributed by atoms with Gasteiger partial charge < -0.3 is 4.42 Å². The summed E-state index contributed by atoms with van der Waals surface area (Å²) in [6, 6.07) is 7.07. The average molecular weight is 407 g/mol. The fraction of sp³-hybridized carbons (Fsp3) is 0.556. The van der Waals surface area contributed by atoms with E-state index in [2.05, 4.69) is 28.1 Å². The van der Waals surface area contributed by atoms with Crippen LogP contribution in [-0.4, -0.2) is 55.0 Å². The molecule has 1 saturated heterocycles. The Morgan fingerprint density at radius 3 is 2.93 bits per heavy atom. The van der Waals surface area contributed by atoms with E-state index in [9.17, 15) is 13.2 Å². The van der Waals surface area contributed by atoms with Gasteiger partial charge in [0.25, 0.3) is 0 Å². The molecule has 4 rings (SSSR count). The molecule has 0 spiro atoms. The number of carbonyl (C=O) groups excluding carboxylic acids is 1. The lowest BCUT2D eigenvalue weighted by molar-refractivity contribution is -0.116. The highest BCUT2D eigenvalue weighted by Gasteiger charge is 2.46. The fourth-order valence-corrected chi connectivity index (χ4v) is 6.24. The van der Waals surface area contributed by atoms with E-state index < -0.39 is 21.2 Å². The van der Waals surface area contributed by atoms with Gasteiger partial charge in [0.05, 0.1) is 11.8 Å². The monoisotopic (exact) mass is 407 g/mol. The standard InChI is InChI=1S/C18H25N5O4S/c1-11-7-12-9-19-22-17(12)15(8-11)28(25,26)23(2)10-16(24)21-18-20-13-5-3-4-6-14(13)27-18/h3-6,11-12,15,17,19,22H,7-10H2,1-2H3,(H,20,21,24). The molecule has 0 radical (unpaired) electrons. The van der Waals surface area contributed by atoms with Crippen molar-refractivity contribution in [3.63, 3.8) is 0 Å². The minimum absolute atomic E-state index is 0.0602. The zero-order chi connectivity index (χ0) is 19.9. The van der Waals surface area contributed by atoms with Gasteiger partial charge in [0, 0.05) is 19.6 Å². The Balaban J connectivity index is 1.44. The predicted molar refractivity (Wildman–Crippen MR) is 105 cm³/mol. The molecule has 1 saturated carbocycles. The quantitative estimate of drug-likeness (QED) is 0.675. The summed E-state index contributed by atoms with van der Waals surface area (Å²) in [7, 11) is -2.20. The van der Waals surface area contributed by atoms with Crippen molar-refractivity contribution in [2.45, 2.75) is 31.1 Å². The van der Waals surface area contributed by atoms with E-state index >= 15 is 0 Å². The van der Waals surface area contributed by atoms with E-state index in [1.54, 1.807) is 12.1 Å². The highest BCUT2D eigenvalue weighted by Crippen LogP contribution is 2.35. The van der Waals surface area contributed by atoms with Gasteiger partial charge in [0.1, 0.15) is 5.52 Å². The number of hydrogen-bond acceptors (Lipinski definition) is 7. The van der Waals surface area contributed by atoms with Crippen LogP contribution in [0.3, 0.4) is 0 Å². The lowest BCUT2D eigenvalue weighted by atomic mass is 9.79. The van der Waals surface area contributed by atoms with Crippen molar-refractivity contribution >= 4 is 33.0 Å². The SMILES string of the molecule is CC1CC2CNNC2C(S(=O)(=O)N(C)CC(=O)Nc2nc3ccccc3o2)C1. The number of rotatable bonds is 5. The maximum atomic E-state index is 13.1. The lowest BCUT2D eigenvalue weighted by Crippen LogP contribution is -2.53. The van der Waals surface area contributed by atoms with Crippen LogP contribution >= 0.6 is 0 Å². The lowest BCUT2D eigenvalue weighted by Gasteiger charge is -2.37. The van der Waals surface area contributed by atoms with Crippen molar-refractivity contribution in [2.75, 3.05) is 25.5 Å². The van der Waals surface area contributed by atoms with Gasteiger partial charge in [-0.2, -0.15) is 9.29 Å². The minimum atomic E-state index is -3.64. The highest BCUT2D eigenvalue weighted by atomic mass is 32.2. The molecule has 10 heteroatoms. The van der Waals surface area contributed by atoms with E-state index in [1.807, 2.05) is 12.1 Å². The van der Waals surface area contributed by atoms with Crippen LogP contribution in [0.4, 0.5) is 6.01 Å². The Bertz CT molecular complexity index is 942. The molecule has 2 heterocycles. The average Bonchev–Trinajstić information content (AvgIpc) is 3.26. The number of fused-ring (bicyclic) bond motifs is 2. The molecule has 2 aromatic rings. The Morgan fingerprint density at radius 1 is 1.36 bits per heavy atom. The van der Waals surface area contributed by atoms with Crippen LogP contribution in [0.25, 0.3) is 11.1 Å². The smallest absolute Gasteiger partial charge is 0.302 e. The third-order valence-electron chi connectivity index (χ3n) is 5.60. The molecule has 1 aromatic heterocycles. The number of sulfonamides is 1. The summed E-state index contributed by atoms with van der Waals surface area (Å²) in [5, 5.41) is 1.98. The van der Waals surface area contributed by atoms with Crippen LogP contribution in [0.5, 0.6) is 0 Å². The second-order valence-electron chi connectivity index (χ2n) is 7.76. The van der Waals surface area contributed by atoms with E-state index in [1.165, 1.54) is 7.05 Å². The summed E-state index contributed by atoms with van der Waals surface area (Å²) in [4.78, 5) is 16.6. The molecule has 28 heavy (non-hydrogen) atoms. The first-order valence-electron chi connectivity index (χ1n) is 9.43. The Kier molecular flexibility index (Phi) is 5.13. The number of anilines is 1. The number of nitrogens with zero attached hydrogens (tertiary/aromatic N) is 2. The number of aromatic nitrogens is 1. The molecule has 3 N–H and O–H groups in total. The fourth-order valence-electron chi connectivity index (χ4n) is 4.25. The second kappa shape index (κ2) is 7.43. The van der Waals surface area contributed by atoms with Crippen LogP contribution in [-0.2, 0) is 14.8 Å². The van der Waals surface area contributed by atoms with E-state index in [4.69, 9.17) is 4.42 Å². The molecule has 2 aliphatic rings. The molecule has 1 aromatic carbocycles. The van der Waals surface area contributed by atoms with Crippen LogP contribution in [0.15, 0.2) is 28.7 Å². The predicted octanol–water partition coefficient (Wildman–Crippen LogP) is 0.919. The first-order chi connectivity index (χ1) is 13.3. The Labute approximate surface area is 163 Å². The summed E-state index contributed by atoms with van der Waals surface area (Å²) >= 11 is 0. The molecule has 4 unspecified atom stereocenters. The largest absolute Gasteiger partial charge is 0.423 e. The second-order valence-corrected chi connectivity index (χ2v) is 10.0. The Morgan fingerprint density at radius 2 is 2.14 bits per heavy atom. The van der Waals surface area contributed by atoms with Gasteiger partial charge >= 0.3 is 6.01 Å². The number of oxazole rings is 1. The third-order valence-corrected chi connectivity index (χ3v) is 7.85. The Hall–Kier alpha value is -2.01. The maximum absolute atomic E-state index is 13.1. The van der Waals surface area contributed by atoms with E-state index in [0.717, 1.165) is 17.3 Å². The summed E-state index contributed by atoms with van der Waals surface area (Å²) in [5.41, 5.74) is 7.38. The number of amides is 1. The molecular formula is C18H25N5O4S. The summed E-state index contributed by atoms with van der Waals surface area (Å²) < 4.78 is 32.9. The van der Waals surface area contributed by atoms with Gasteiger partial charge in [-0.15, -0.1) is 0 Å². The highest BCUT2D eigenvalue weighted by molar-refractivity contribution is 7.89. The molecule has 152 valence electrons. The minimum Gasteiger partial charge on any atom is -0.423 e. The molecular weight excluding hydrogens is 382 g/mol. The van der Waals surface area contributed by atoms with Crippen LogP contribution in [0.2, 0.25) is 0 Å². The number of nitrogens with one attached hydrogen (secondary N) is 3. The number of carbonyl (C=O) groups is 1. The normalized spacial score (nSPS) is 27.8. The van der Waals surface area contributed by atoms with Gasteiger partial charge in [0.15, 0.2) is 5.58 Å². The maximum Gasteiger partial charge on any atom is 0.302 e. The summed E-state index contributed by atoms with van der Waals surface area (Å²) in [6.45, 7) is 2.55. The van der Waals surface area contributed by atoms with Crippen LogP contribution in [0, 0.1) is 11.8 Å². The first kappa shape index (κ1) is 19.3. The number of benzene rings is 1. The molecule has 4 atom stereocenters. The van der Waals surface area contributed by atoms with Crippen molar-refractivity contribution in [3.8, 4) is 0 Å². The molecule has 9 nitrogen and oxygen atoms in total. The van der Waals surface area contributed by atoms with Crippen LogP contribution < -0.4 is 16.2 Å². The van der Waals surface area contributed by atoms with Crippen LogP contribution in [0.1, 0.15) is 19.8 Å². The summed E-state index contributed by atoms with van der Waals surface area (Å²) in [5.74, 6) is 0.116. The van der Waals surface area contributed by atoms with Crippen molar-refractivity contribution < 1.29 is 17.6 Å². The van der Waals surface area contributed by atoms with E-state index in [-0.39, 0.29) is 24.5 Å². The topological polar surface area (TPSA) is 117 Å². The zero-order valence-electron chi connectivity index (χ0n) is 15.9. The molecule has 2 fully saturated rings. The van der Waals surface area contributed by atoms with Crippen molar-refractivity contribution in [3.05, 3.63) is 24.3 Å². The van der Waals surface area contributed by atoms with Gasteiger partial charge in [-0.05, 0) is 36.8 Å². The third kappa shape index (κ3) is 3.64.